The number of methoxy groups -OCH3 is 10. The maximum Gasteiger partial charge on any atom is 0.351 e. The number of likely N-dealkylation sites (N-methyl/N-ethyl adjacent to an activating group) is 1. The number of H-pyrrole nitrogens is 4. The number of nitrogens with zero attached hydrogens (tertiary/aromatic N) is 9. The molecule has 0 aromatic carbocycles. The molecule has 0 aliphatic carbocycles. The summed E-state index contributed by atoms with van der Waals surface area (Å²) in [7, 11) is 19.6. The van der Waals surface area contributed by atoms with Crippen molar-refractivity contribution in [1.29, 1.82) is 0 Å². The van der Waals surface area contributed by atoms with Crippen LogP contribution in [-0.4, -0.2) is 360 Å². The molecule has 116 heavy (non-hydrogen) atoms. The molecule has 9 aliphatic rings. The quantitative estimate of drug-likeness (QED) is 0.0321. The van der Waals surface area contributed by atoms with E-state index in [2.05, 4.69) is 34.7 Å². The summed E-state index contributed by atoms with van der Waals surface area (Å²) in [5.74, 6) is 0.177. The molecule has 0 spiro atoms. The third-order valence-corrected chi connectivity index (χ3v) is 21.0. The fourth-order valence-electron chi connectivity index (χ4n) is 15.2. The van der Waals surface area contributed by atoms with Crippen LogP contribution in [0.1, 0.15) is 50.0 Å². The molecule has 2 bridgehead atoms. The number of anilines is 1. The molecule has 9 aliphatic heterocycles. The lowest BCUT2D eigenvalue weighted by Gasteiger charge is -2.30. The number of morpholine rings is 2. The first-order chi connectivity index (χ1) is 55.7. The van der Waals surface area contributed by atoms with Gasteiger partial charge in [0, 0.05) is 178 Å². The van der Waals surface area contributed by atoms with Crippen LogP contribution >= 0.6 is 0 Å². The average molecular weight is 1650 g/mol. The van der Waals surface area contributed by atoms with Crippen LogP contribution in [0.25, 0.3) is 0 Å². The van der Waals surface area contributed by atoms with Crippen LogP contribution in [0.4, 0.5) is 5.82 Å². The maximum atomic E-state index is 12.1. The Morgan fingerprint density at radius 1 is 0.517 bits per heavy atom. The Balaban J connectivity index is 0.000000162. The summed E-state index contributed by atoms with van der Waals surface area (Å²) >= 11 is 0. The Bertz CT molecular complexity index is 4450. The van der Waals surface area contributed by atoms with Gasteiger partial charge >= 0.3 is 28.4 Å². The molecule has 5 unspecified atom stereocenters. The molecule has 5 aromatic rings. The highest BCUT2D eigenvalue weighted by molar-refractivity contribution is 5.24. The fourth-order valence-corrected chi connectivity index (χ4v) is 15.2. The summed E-state index contributed by atoms with van der Waals surface area (Å²) in [5, 5.41) is 18.7. The number of rotatable bonds is 23. The van der Waals surface area contributed by atoms with E-state index in [4.69, 9.17) is 101 Å². The minimum Gasteiger partial charge on any atom is -0.393 e. The number of hydrogen-bond acceptors (Lipinski definition) is 35. The molecule has 0 amide bonds. The smallest absolute Gasteiger partial charge is 0.351 e. The molecule has 9 fully saturated rings. The van der Waals surface area contributed by atoms with E-state index in [0.717, 1.165) is 32.6 Å². The Morgan fingerprint density at radius 2 is 0.940 bits per heavy atom. The highest BCUT2D eigenvalue weighted by Crippen LogP contribution is 2.46. The molecule has 44 heteroatoms. The SMILES string of the molecule is COC1[C@@H](C)O[C@@H](n2ccc(=O)[nH]c2=O)[C@H]1OC.COC1[C@@H](CN(C)C)O[C@@H](n2ccc(=O)[nH]c2=O)[C@H]1OC.COC1[C@@H](CN2CCOCC2)O[C@@H](n2ccc(=O)[nH]c2=O)[C@H]1OC.COC1[C@@H](CN2CCOCC2)O[C@@H](n2ccc(N)nc2=O)[C@H]1OC.COC1[C@@H]2OC[C@]1(CO)O[C@H]2n1cc(C)c(=O)[nH]c1=O.COC[C@H]1OCC[C@H]1O. The van der Waals surface area contributed by atoms with Gasteiger partial charge in [0.2, 0.25) is 0 Å². The van der Waals surface area contributed by atoms with Gasteiger partial charge in [0.05, 0.1) is 58.5 Å². The van der Waals surface area contributed by atoms with Crippen molar-refractivity contribution in [1.82, 2.24) is 62.5 Å². The Kier molecular flexibility index (Phi) is 34.6. The number of aryl methyl sites for hydroxylation is 1. The van der Waals surface area contributed by atoms with E-state index in [-0.39, 0.29) is 80.1 Å². The first kappa shape index (κ1) is 92.3. The lowest BCUT2D eigenvalue weighted by atomic mass is 10.0. The number of ether oxygens (including phenoxy) is 19. The molecular weight excluding hydrogens is 1540 g/mol. The molecule has 22 atom stereocenters. The third-order valence-electron chi connectivity index (χ3n) is 21.0. The number of aliphatic hydroxyl groups is 2. The zero-order valence-corrected chi connectivity index (χ0v) is 67.6. The van der Waals surface area contributed by atoms with Crippen molar-refractivity contribution in [3.63, 3.8) is 0 Å². The largest absolute Gasteiger partial charge is 0.393 e. The van der Waals surface area contributed by atoms with Crippen molar-refractivity contribution in [3.8, 4) is 0 Å². The summed E-state index contributed by atoms with van der Waals surface area (Å²) in [4.78, 5) is 124. The van der Waals surface area contributed by atoms with E-state index in [1.54, 1.807) is 76.1 Å². The van der Waals surface area contributed by atoms with Gasteiger partial charge in [-0.3, -0.25) is 71.7 Å². The van der Waals surface area contributed by atoms with Crippen LogP contribution in [0.5, 0.6) is 0 Å². The van der Waals surface area contributed by atoms with Crippen molar-refractivity contribution >= 4 is 5.82 Å². The predicted octanol–water partition coefficient (Wildman–Crippen LogP) is -5.31. The van der Waals surface area contributed by atoms with E-state index in [0.29, 0.717) is 64.8 Å². The Morgan fingerprint density at radius 3 is 1.34 bits per heavy atom. The zero-order chi connectivity index (χ0) is 84.2. The Labute approximate surface area is 665 Å². The van der Waals surface area contributed by atoms with Crippen molar-refractivity contribution in [2.24, 2.45) is 0 Å². The van der Waals surface area contributed by atoms with Gasteiger partial charge in [-0.05, 0) is 40.4 Å². The van der Waals surface area contributed by atoms with E-state index >= 15 is 0 Å². The average Bonchev–Trinajstić information content (AvgIpc) is 1.57. The highest BCUT2D eigenvalue weighted by atomic mass is 16.7. The normalized spacial score (nSPS) is 32.1. The molecule has 5 aromatic heterocycles. The van der Waals surface area contributed by atoms with Crippen LogP contribution in [0.15, 0.2) is 98.4 Å². The number of fused-ring (bicyclic) bond motifs is 2. The summed E-state index contributed by atoms with van der Waals surface area (Å²) in [6, 6.07) is 5.39. The number of nitrogen functional groups attached to an aromatic ring is 1. The molecule has 0 saturated carbocycles. The first-order valence-electron chi connectivity index (χ1n) is 37.6. The van der Waals surface area contributed by atoms with Gasteiger partial charge in [0.15, 0.2) is 31.1 Å². The number of nitrogens with one attached hydrogen (secondary N) is 4. The van der Waals surface area contributed by atoms with Crippen LogP contribution in [0.2, 0.25) is 0 Å². The topological polar surface area (TPSA) is 506 Å². The van der Waals surface area contributed by atoms with Gasteiger partial charge in [-0.25, -0.2) is 24.0 Å². The third kappa shape index (κ3) is 22.1. The highest BCUT2D eigenvalue weighted by Gasteiger charge is 2.63. The number of aromatic amines is 4. The Hall–Kier alpha value is -7.56. The van der Waals surface area contributed by atoms with Gasteiger partial charge in [-0.2, -0.15) is 4.98 Å². The van der Waals surface area contributed by atoms with E-state index in [9.17, 15) is 48.3 Å². The maximum absolute atomic E-state index is 12.1. The molecular formula is C72H112N14O30. The molecule has 8 N–H and O–H groups in total. The molecule has 44 nitrogen and oxygen atoms in total. The van der Waals surface area contributed by atoms with Crippen LogP contribution in [0.3, 0.4) is 0 Å². The van der Waals surface area contributed by atoms with Gasteiger partial charge in [-0.15, -0.1) is 0 Å². The van der Waals surface area contributed by atoms with Crippen molar-refractivity contribution in [2.45, 2.75) is 155 Å². The molecule has 0 radical (unpaired) electrons. The second-order valence-electron chi connectivity index (χ2n) is 28.6. The van der Waals surface area contributed by atoms with Gasteiger partial charge in [0.1, 0.15) is 96.9 Å². The van der Waals surface area contributed by atoms with E-state index < -0.39 is 124 Å². The monoisotopic (exact) mass is 1650 g/mol. The lowest BCUT2D eigenvalue weighted by molar-refractivity contribution is -0.188. The van der Waals surface area contributed by atoms with Crippen molar-refractivity contribution in [2.75, 3.05) is 190 Å². The van der Waals surface area contributed by atoms with Gasteiger partial charge in [0.25, 0.3) is 22.2 Å². The van der Waals surface area contributed by atoms with Gasteiger partial charge < -0.3 is 111 Å². The van der Waals surface area contributed by atoms with Crippen LogP contribution in [0, 0.1) is 6.92 Å². The van der Waals surface area contributed by atoms with Crippen LogP contribution in [-0.2, 0) is 90.0 Å². The summed E-state index contributed by atoms with van der Waals surface area (Å²) in [6.07, 6.45) is -0.456. The summed E-state index contributed by atoms with van der Waals surface area (Å²) < 4.78 is 112. The number of aliphatic hydroxyl groups excluding tert-OH is 2. The molecule has 14 rings (SSSR count). The van der Waals surface area contributed by atoms with E-state index in [1.807, 2.05) is 25.9 Å². The minimum atomic E-state index is -0.965. The number of nitrogens with two attached hydrogens (primary N) is 1. The first-order valence-corrected chi connectivity index (χ1v) is 37.6. The fraction of sp³-hybridized carbons (Fsp3) is 0.722. The van der Waals surface area contributed by atoms with Crippen LogP contribution < -0.4 is 56.4 Å². The summed E-state index contributed by atoms with van der Waals surface area (Å²) in [6.45, 7) is 12.7. The second kappa shape index (κ2) is 43.4. The number of hydrogen-bond donors (Lipinski definition) is 7. The molecule has 14 heterocycles. The van der Waals surface area contributed by atoms with Gasteiger partial charge in [-0.1, -0.05) is 0 Å². The van der Waals surface area contributed by atoms with Crippen molar-refractivity contribution < 1.29 is 100 Å². The lowest BCUT2D eigenvalue weighted by Crippen LogP contribution is -2.45. The second-order valence-corrected chi connectivity index (χ2v) is 28.6. The molecule has 9 saturated heterocycles. The summed E-state index contributed by atoms with van der Waals surface area (Å²) in [5.41, 5.74) is 0.569. The number of aromatic nitrogens is 10. The van der Waals surface area contributed by atoms with Crippen molar-refractivity contribution in [3.05, 3.63) is 155 Å². The zero-order valence-electron chi connectivity index (χ0n) is 67.6. The standard InChI is InChI=1S/C15H24N4O5.C15H23N3O6.C13H21N3O5.C12H16N2O6.C11H16N2O5.C6H12O3/c1-21-12-10(9-18-5-7-23-8-6-18)24-14(13(12)22-2)19-4-3-11(16)17-15(19)20;1-21-12-10(9-17-5-7-23-8-6-17)24-14(13(12)22-2)18-4-3-11(19)16-15(18)20;1-15(2)7-8-10(19-3)11(20-4)12(21-8)16-6-5-9(17)14-13(16)18;1-6-3-14(11(17)13-9(6)16)10-7-8(18-2)12(4-15,20-10)5-19-7;1-6-8(16-2)9(17-3)10(18-6)13-5-4-7(14)12-11(13)15;1-8-4-6-5(7)2-3-9-6/h3-4,10,12-14H,5-9H2,1-2H3,(H2,16,17,20);3-4,10,12-14H,5-9H2,1-2H3,(H,16,19,20);5-6,8,10-12H,7H2,1-4H3,(H,14,17,18);3,7-8,10,15H,4-5H2,1-2H3,(H,13,16,17);4-6,8-10H,1-3H3,(H,12,14,15);5-7H,2-4H2,1H3/t2*10-,12?,13+,14-;8-,10?,11+,12-;7-,8?,10+,12-;6-,8?,9+,10-;5-,6-/m111011/s1. The molecule has 650 valence electrons. The van der Waals surface area contributed by atoms with E-state index in [1.165, 1.54) is 80.0 Å². The predicted molar refractivity (Wildman–Crippen MR) is 406 cm³/mol. The minimum absolute atomic E-state index is 0.0880.